The van der Waals surface area contributed by atoms with Crippen molar-refractivity contribution in [3.63, 3.8) is 0 Å². The molecule has 1 rings (SSSR count). The Labute approximate surface area is 147 Å². The normalized spacial score (nSPS) is 11.1. The van der Waals surface area contributed by atoms with Crippen LogP contribution in [0.25, 0.3) is 0 Å². The summed E-state index contributed by atoms with van der Waals surface area (Å²) in [5.74, 6) is -1.78. The highest BCUT2D eigenvalue weighted by atomic mass is 19.1. The van der Waals surface area contributed by atoms with Crippen molar-refractivity contribution in [1.82, 2.24) is 5.32 Å². The van der Waals surface area contributed by atoms with E-state index in [4.69, 9.17) is 4.74 Å². The Morgan fingerprint density at radius 3 is 2.40 bits per heavy atom. The highest BCUT2D eigenvalue weighted by molar-refractivity contribution is 5.90. The van der Waals surface area contributed by atoms with Gasteiger partial charge in [0.1, 0.15) is 17.2 Å². The molecule has 0 bridgehead atoms. The van der Waals surface area contributed by atoms with Gasteiger partial charge in [-0.15, -0.1) is 0 Å². The second-order valence-corrected chi connectivity index (χ2v) is 6.77. The monoisotopic (exact) mass is 356 g/mol. The number of amides is 2. The lowest BCUT2D eigenvalue weighted by atomic mass is 10.1. The molecule has 0 radical (unpaired) electrons. The minimum atomic E-state index is -0.790. The Morgan fingerprint density at radius 2 is 1.76 bits per heavy atom. The number of rotatable bonds is 8. The van der Waals surface area contributed by atoms with E-state index < -0.39 is 23.3 Å². The zero-order valence-corrected chi connectivity index (χ0v) is 15.0. The van der Waals surface area contributed by atoms with Gasteiger partial charge in [-0.2, -0.15) is 0 Å². The Bertz CT molecular complexity index is 586. The lowest BCUT2D eigenvalue weighted by Crippen LogP contribution is -2.32. The van der Waals surface area contributed by atoms with Crippen LogP contribution in [0.2, 0.25) is 0 Å². The molecule has 2 amide bonds. The molecule has 25 heavy (non-hydrogen) atoms. The van der Waals surface area contributed by atoms with Crippen molar-refractivity contribution >= 4 is 17.7 Å². The third-order valence-corrected chi connectivity index (χ3v) is 3.20. The summed E-state index contributed by atoms with van der Waals surface area (Å²) in [5, 5.41) is 5.09. The Hall–Kier alpha value is -2.18. The van der Waals surface area contributed by atoms with Crippen LogP contribution in [0.5, 0.6) is 0 Å². The number of hydrogen-bond donors (Lipinski definition) is 2. The van der Waals surface area contributed by atoms with E-state index in [1.54, 1.807) is 20.8 Å². The molecule has 0 spiro atoms. The largest absolute Gasteiger partial charge is 0.444 e. The molecule has 0 fully saturated rings. The van der Waals surface area contributed by atoms with Crippen LogP contribution in [0.1, 0.15) is 52.9 Å². The molecule has 2 N–H and O–H groups in total. The van der Waals surface area contributed by atoms with Gasteiger partial charge in [0, 0.05) is 19.0 Å². The predicted molar refractivity (Wildman–Crippen MR) is 92.3 cm³/mol. The third-order valence-electron chi connectivity index (χ3n) is 3.20. The first-order chi connectivity index (χ1) is 11.7. The first-order valence-corrected chi connectivity index (χ1v) is 8.39. The SMILES string of the molecule is CC(C)(C)OC(=O)NCCCCCCC(=O)Nc1ccc(F)cc1F. The maximum Gasteiger partial charge on any atom is 0.407 e. The van der Waals surface area contributed by atoms with Gasteiger partial charge in [0.15, 0.2) is 0 Å². The summed E-state index contributed by atoms with van der Waals surface area (Å²) in [6, 6.07) is 3.02. The van der Waals surface area contributed by atoms with Crippen molar-refractivity contribution < 1.29 is 23.1 Å². The second-order valence-electron chi connectivity index (χ2n) is 6.77. The van der Waals surface area contributed by atoms with E-state index in [0.29, 0.717) is 13.0 Å². The third kappa shape index (κ3) is 9.64. The number of nitrogens with one attached hydrogen (secondary N) is 2. The first kappa shape index (κ1) is 20.9. The van der Waals surface area contributed by atoms with E-state index >= 15 is 0 Å². The number of carbonyl (C=O) groups is 2. The summed E-state index contributed by atoms with van der Waals surface area (Å²) in [6.07, 6.45) is 2.93. The first-order valence-electron chi connectivity index (χ1n) is 8.39. The Morgan fingerprint density at radius 1 is 1.08 bits per heavy atom. The quantitative estimate of drug-likeness (QED) is 0.679. The number of alkyl carbamates (subject to hydrolysis) is 1. The number of unbranched alkanes of at least 4 members (excludes halogenated alkanes) is 3. The van der Waals surface area contributed by atoms with Crippen molar-refractivity contribution in [3.8, 4) is 0 Å². The zero-order valence-electron chi connectivity index (χ0n) is 15.0. The van der Waals surface area contributed by atoms with Gasteiger partial charge in [-0.05, 0) is 45.7 Å². The fourth-order valence-electron chi connectivity index (χ4n) is 2.07. The highest BCUT2D eigenvalue weighted by Crippen LogP contribution is 2.15. The van der Waals surface area contributed by atoms with Gasteiger partial charge >= 0.3 is 6.09 Å². The average molecular weight is 356 g/mol. The number of ether oxygens (including phenoxy) is 1. The van der Waals surface area contributed by atoms with Crippen molar-refractivity contribution in [2.24, 2.45) is 0 Å². The van der Waals surface area contributed by atoms with Gasteiger partial charge in [-0.1, -0.05) is 12.8 Å². The van der Waals surface area contributed by atoms with Gasteiger partial charge < -0.3 is 15.4 Å². The van der Waals surface area contributed by atoms with Gasteiger partial charge in [0.05, 0.1) is 5.69 Å². The summed E-state index contributed by atoms with van der Waals surface area (Å²) < 4.78 is 31.3. The van der Waals surface area contributed by atoms with E-state index in [9.17, 15) is 18.4 Å². The van der Waals surface area contributed by atoms with E-state index in [2.05, 4.69) is 10.6 Å². The molecule has 140 valence electrons. The second kappa shape index (κ2) is 9.96. The average Bonchev–Trinajstić information content (AvgIpc) is 2.47. The molecule has 1 aromatic rings. The van der Waals surface area contributed by atoms with E-state index in [-0.39, 0.29) is 18.0 Å². The van der Waals surface area contributed by atoms with Crippen LogP contribution in [-0.4, -0.2) is 24.1 Å². The molecular formula is C18H26F2N2O3. The number of halogens is 2. The van der Waals surface area contributed by atoms with Crippen molar-refractivity contribution in [2.45, 2.75) is 58.5 Å². The van der Waals surface area contributed by atoms with E-state index in [1.165, 1.54) is 6.07 Å². The van der Waals surface area contributed by atoms with Crippen LogP contribution < -0.4 is 10.6 Å². The van der Waals surface area contributed by atoms with Gasteiger partial charge in [0.25, 0.3) is 0 Å². The lowest BCUT2D eigenvalue weighted by Gasteiger charge is -2.19. The standard InChI is InChI=1S/C18H26F2N2O3/c1-18(2,3)25-17(24)21-11-7-5-4-6-8-16(23)22-15-10-9-13(19)12-14(15)20/h9-10,12H,4-8,11H2,1-3H3,(H,21,24)(H,22,23). The van der Waals surface area contributed by atoms with Gasteiger partial charge in [-0.25, -0.2) is 13.6 Å². The molecule has 5 nitrogen and oxygen atoms in total. The number of carbonyl (C=O) groups excluding carboxylic acids is 2. The molecule has 0 aliphatic heterocycles. The van der Waals surface area contributed by atoms with Crippen molar-refractivity contribution in [1.29, 1.82) is 0 Å². The molecule has 0 saturated heterocycles. The zero-order chi connectivity index (χ0) is 18.9. The number of hydrogen-bond acceptors (Lipinski definition) is 3. The minimum Gasteiger partial charge on any atom is -0.444 e. The molecule has 0 unspecified atom stereocenters. The number of anilines is 1. The smallest absolute Gasteiger partial charge is 0.407 e. The van der Waals surface area contributed by atoms with Crippen LogP contribution >= 0.6 is 0 Å². The maximum atomic E-state index is 13.4. The number of benzene rings is 1. The molecule has 0 heterocycles. The molecule has 0 atom stereocenters. The van der Waals surface area contributed by atoms with E-state index in [0.717, 1.165) is 31.4 Å². The molecular weight excluding hydrogens is 330 g/mol. The van der Waals surface area contributed by atoms with Crippen LogP contribution in [0.15, 0.2) is 18.2 Å². The summed E-state index contributed by atoms with van der Waals surface area (Å²) in [5.41, 5.74) is -0.533. The molecule has 0 aromatic heterocycles. The van der Waals surface area contributed by atoms with Crippen molar-refractivity contribution in [2.75, 3.05) is 11.9 Å². The summed E-state index contributed by atoms with van der Waals surface area (Å²) >= 11 is 0. The van der Waals surface area contributed by atoms with Crippen molar-refractivity contribution in [3.05, 3.63) is 29.8 Å². The lowest BCUT2D eigenvalue weighted by molar-refractivity contribution is -0.116. The van der Waals surface area contributed by atoms with Crippen LogP contribution in [0.4, 0.5) is 19.3 Å². The summed E-state index contributed by atoms with van der Waals surface area (Å²) in [4.78, 5) is 23.1. The fraction of sp³-hybridized carbons (Fsp3) is 0.556. The summed E-state index contributed by atoms with van der Waals surface area (Å²) in [7, 11) is 0. The Balaban J connectivity index is 2.09. The van der Waals surface area contributed by atoms with E-state index in [1.807, 2.05) is 0 Å². The predicted octanol–water partition coefficient (Wildman–Crippen LogP) is 4.38. The minimum absolute atomic E-state index is 0.0204. The van der Waals surface area contributed by atoms with Gasteiger partial charge in [-0.3, -0.25) is 4.79 Å². The topological polar surface area (TPSA) is 67.4 Å². The Kier molecular flexibility index (Phi) is 8.31. The fourth-order valence-corrected chi connectivity index (χ4v) is 2.07. The van der Waals surface area contributed by atoms with Crippen LogP contribution in [-0.2, 0) is 9.53 Å². The van der Waals surface area contributed by atoms with Crippen LogP contribution in [0.3, 0.4) is 0 Å². The highest BCUT2D eigenvalue weighted by Gasteiger charge is 2.15. The molecule has 1 aromatic carbocycles. The van der Waals surface area contributed by atoms with Gasteiger partial charge in [0.2, 0.25) is 5.91 Å². The van der Waals surface area contributed by atoms with Crippen LogP contribution in [0, 0.1) is 11.6 Å². The molecule has 7 heteroatoms. The molecule has 0 aliphatic rings. The molecule has 0 aliphatic carbocycles. The molecule has 0 saturated carbocycles. The summed E-state index contributed by atoms with van der Waals surface area (Å²) in [6.45, 7) is 5.92. The maximum absolute atomic E-state index is 13.4.